The van der Waals surface area contributed by atoms with Gasteiger partial charge in [0.25, 0.3) is 0 Å². The molecule has 0 aromatic rings. The number of hydrogen-bond donors (Lipinski definition) is 1. The second-order valence-corrected chi connectivity index (χ2v) is 5.94. The molecule has 0 bridgehead atoms. The van der Waals surface area contributed by atoms with Crippen molar-refractivity contribution in [1.82, 2.24) is 5.32 Å². The summed E-state index contributed by atoms with van der Waals surface area (Å²) in [5.41, 5.74) is 0.423. The summed E-state index contributed by atoms with van der Waals surface area (Å²) in [6.07, 6.45) is 5.76. The quantitative estimate of drug-likeness (QED) is 0.768. The molecule has 0 saturated heterocycles. The number of ether oxygens (including phenoxy) is 1. The van der Waals surface area contributed by atoms with Crippen LogP contribution in [-0.4, -0.2) is 25.0 Å². The van der Waals surface area contributed by atoms with Crippen molar-refractivity contribution in [3.63, 3.8) is 0 Å². The summed E-state index contributed by atoms with van der Waals surface area (Å²) in [5.74, 6) is -0.189. The lowest BCUT2D eigenvalue weighted by Crippen LogP contribution is -2.39. The molecule has 0 radical (unpaired) electrons. The van der Waals surface area contributed by atoms with E-state index in [1.54, 1.807) is 0 Å². The lowest BCUT2D eigenvalue weighted by atomic mass is 9.75. The highest BCUT2D eigenvalue weighted by Gasteiger charge is 2.27. The van der Waals surface area contributed by atoms with Crippen LogP contribution in [0, 0.1) is 5.41 Å². The fourth-order valence-corrected chi connectivity index (χ4v) is 2.34. The SMILES string of the molecule is COC(=O)CCCC(=O)NC1CCC(C)(C)CC1. The van der Waals surface area contributed by atoms with Crippen LogP contribution in [-0.2, 0) is 14.3 Å². The summed E-state index contributed by atoms with van der Waals surface area (Å²) >= 11 is 0. The van der Waals surface area contributed by atoms with Crippen molar-refractivity contribution >= 4 is 11.9 Å². The standard InChI is InChI=1S/C14H25NO3/c1-14(2)9-7-11(8-10-14)15-12(16)5-4-6-13(17)18-3/h11H,4-10H2,1-3H3,(H,15,16). The number of methoxy groups -OCH3 is 1. The Kier molecular flexibility index (Phi) is 5.63. The Labute approximate surface area is 109 Å². The maximum absolute atomic E-state index is 11.7. The highest BCUT2D eigenvalue weighted by Crippen LogP contribution is 2.34. The van der Waals surface area contributed by atoms with Crippen LogP contribution >= 0.6 is 0 Å². The molecule has 1 aliphatic rings. The monoisotopic (exact) mass is 255 g/mol. The molecule has 1 amide bonds. The molecular formula is C14H25NO3. The Morgan fingerprint density at radius 2 is 1.83 bits per heavy atom. The summed E-state index contributed by atoms with van der Waals surface area (Å²) in [4.78, 5) is 22.6. The van der Waals surface area contributed by atoms with Crippen molar-refractivity contribution in [2.24, 2.45) is 5.41 Å². The van der Waals surface area contributed by atoms with Crippen molar-refractivity contribution in [2.45, 2.75) is 64.8 Å². The predicted octanol–water partition coefficient (Wildman–Crippen LogP) is 2.41. The third-order valence-corrected chi connectivity index (χ3v) is 3.72. The van der Waals surface area contributed by atoms with E-state index in [0.717, 1.165) is 12.8 Å². The van der Waals surface area contributed by atoms with Gasteiger partial charge in [-0.1, -0.05) is 13.8 Å². The van der Waals surface area contributed by atoms with Crippen LogP contribution in [0.15, 0.2) is 0 Å². The number of amides is 1. The summed E-state index contributed by atoms with van der Waals surface area (Å²) < 4.78 is 4.53. The number of esters is 1. The minimum absolute atomic E-state index is 0.0589. The van der Waals surface area contributed by atoms with Gasteiger partial charge in [-0.05, 0) is 37.5 Å². The molecule has 1 aliphatic carbocycles. The molecule has 104 valence electrons. The van der Waals surface area contributed by atoms with Crippen molar-refractivity contribution in [3.05, 3.63) is 0 Å². The van der Waals surface area contributed by atoms with Crippen molar-refractivity contribution in [3.8, 4) is 0 Å². The van der Waals surface area contributed by atoms with E-state index in [-0.39, 0.29) is 11.9 Å². The van der Waals surface area contributed by atoms with E-state index < -0.39 is 0 Å². The first kappa shape index (κ1) is 15.0. The topological polar surface area (TPSA) is 55.4 Å². The van der Waals surface area contributed by atoms with E-state index in [1.165, 1.54) is 20.0 Å². The molecule has 0 unspecified atom stereocenters. The van der Waals surface area contributed by atoms with E-state index in [9.17, 15) is 9.59 Å². The summed E-state index contributed by atoms with van der Waals surface area (Å²) in [6.45, 7) is 4.56. The maximum atomic E-state index is 11.7. The molecular weight excluding hydrogens is 230 g/mol. The van der Waals surface area contributed by atoms with E-state index in [0.29, 0.717) is 30.7 Å². The van der Waals surface area contributed by atoms with E-state index in [2.05, 4.69) is 23.9 Å². The smallest absolute Gasteiger partial charge is 0.305 e. The van der Waals surface area contributed by atoms with Crippen LogP contribution in [0.5, 0.6) is 0 Å². The Morgan fingerprint density at radius 1 is 1.22 bits per heavy atom. The summed E-state index contributed by atoms with van der Waals surface area (Å²) in [7, 11) is 1.37. The first-order valence-electron chi connectivity index (χ1n) is 6.79. The van der Waals surface area contributed by atoms with Crippen LogP contribution in [0.2, 0.25) is 0 Å². The number of rotatable bonds is 5. The first-order valence-corrected chi connectivity index (χ1v) is 6.79. The van der Waals surface area contributed by atoms with Gasteiger partial charge >= 0.3 is 5.97 Å². The van der Waals surface area contributed by atoms with Crippen LogP contribution < -0.4 is 5.32 Å². The highest BCUT2D eigenvalue weighted by atomic mass is 16.5. The number of carbonyl (C=O) groups is 2. The lowest BCUT2D eigenvalue weighted by Gasteiger charge is -2.34. The maximum Gasteiger partial charge on any atom is 0.305 e. The van der Waals surface area contributed by atoms with Crippen LogP contribution in [0.1, 0.15) is 58.8 Å². The Bertz CT molecular complexity index is 289. The Balaban J connectivity index is 2.15. The van der Waals surface area contributed by atoms with Gasteiger partial charge in [0, 0.05) is 18.9 Å². The van der Waals surface area contributed by atoms with Gasteiger partial charge in [0.15, 0.2) is 0 Å². The van der Waals surface area contributed by atoms with E-state index >= 15 is 0 Å². The average Bonchev–Trinajstić information content (AvgIpc) is 2.31. The lowest BCUT2D eigenvalue weighted by molar-refractivity contribution is -0.140. The molecule has 18 heavy (non-hydrogen) atoms. The van der Waals surface area contributed by atoms with Gasteiger partial charge in [0.1, 0.15) is 0 Å². The first-order chi connectivity index (χ1) is 8.43. The van der Waals surface area contributed by atoms with Crippen molar-refractivity contribution < 1.29 is 14.3 Å². The summed E-state index contributed by atoms with van der Waals surface area (Å²) in [5, 5.41) is 3.06. The summed E-state index contributed by atoms with van der Waals surface area (Å²) in [6, 6.07) is 0.323. The molecule has 0 aromatic heterocycles. The third-order valence-electron chi connectivity index (χ3n) is 3.72. The number of carbonyl (C=O) groups excluding carboxylic acids is 2. The van der Waals surface area contributed by atoms with E-state index in [4.69, 9.17) is 0 Å². The molecule has 0 aliphatic heterocycles. The second-order valence-electron chi connectivity index (χ2n) is 5.94. The van der Waals surface area contributed by atoms with Crippen LogP contribution in [0.3, 0.4) is 0 Å². The zero-order chi connectivity index (χ0) is 13.6. The van der Waals surface area contributed by atoms with Gasteiger partial charge in [0.2, 0.25) is 5.91 Å². The van der Waals surface area contributed by atoms with Crippen molar-refractivity contribution in [2.75, 3.05) is 7.11 Å². The van der Waals surface area contributed by atoms with Gasteiger partial charge in [-0.15, -0.1) is 0 Å². The molecule has 4 nitrogen and oxygen atoms in total. The second kappa shape index (κ2) is 6.76. The molecule has 4 heteroatoms. The van der Waals surface area contributed by atoms with Gasteiger partial charge in [-0.2, -0.15) is 0 Å². The molecule has 1 N–H and O–H groups in total. The molecule has 1 rings (SSSR count). The van der Waals surface area contributed by atoms with Crippen LogP contribution in [0.4, 0.5) is 0 Å². The minimum atomic E-state index is -0.248. The molecule has 0 spiro atoms. The van der Waals surface area contributed by atoms with E-state index in [1.807, 2.05) is 0 Å². The van der Waals surface area contributed by atoms with Gasteiger partial charge in [-0.3, -0.25) is 9.59 Å². The van der Waals surface area contributed by atoms with Crippen LogP contribution in [0.25, 0.3) is 0 Å². The predicted molar refractivity (Wildman–Crippen MR) is 70.0 cm³/mol. The molecule has 0 atom stereocenters. The molecule has 1 fully saturated rings. The minimum Gasteiger partial charge on any atom is -0.469 e. The number of nitrogens with one attached hydrogen (secondary N) is 1. The molecule has 0 heterocycles. The zero-order valence-electron chi connectivity index (χ0n) is 11.8. The van der Waals surface area contributed by atoms with Gasteiger partial charge in [-0.25, -0.2) is 0 Å². The number of hydrogen-bond acceptors (Lipinski definition) is 3. The largest absolute Gasteiger partial charge is 0.469 e. The molecule has 0 aromatic carbocycles. The van der Waals surface area contributed by atoms with Crippen molar-refractivity contribution in [1.29, 1.82) is 0 Å². The van der Waals surface area contributed by atoms with Gasteiger partial charge < -0.3 is 10.1 Å². The normalized spacial score (nSPS) is 19.3. The average molecular weight is 255 g/mol. The Hall–Kier alpha value is -1.06. The Morgan fingerprint density at radius 3 is 2.39 bits per heavy atom. The highest BCUT2D eigenvalue weighted by molar-refractivity contribution is 5.77. The fourth-order valence-electron chi connectivity index (χ4n) is 2.34. The third kappa shape index (κ3) is 5.52. The molecule has 1 saturated carbocycles. The zero-order valence-corrected chi connectivity index (χ0v) is 11.8. The fraction of sp³-hybridized carbons (Fsp3) is 0.857. The van der Waals surface area contributed by atoms with Gasteiger partial charge in [0.05, 0.1) is 7.11 Å².